The van der Waals surface area contributed by atoms with Crippen molar-refractivity contribution < 1.29 is 18.0 Å². The van der Waals surface area contributed by atoms with Crippen LogP contribution in [0.4, 0.5) is 11.4 Å². The number of anilines is 2. The molecule has 2 aromatic rings. The third-order valence-corrected chi connectivity index (χ3v) is 6.51. The van der Waals surface area contributed by atoms with Crippen LogP contribution in [0, 0.1) is 26.7 Å². The summed E-state index contributed by atoms with van der Waals surface area (Å²) in [6.45, 7) is 7.46. The Balaban J connectivity index is 1.84. The normalized spacial score (nSPS) is 18.6. The molecule has 1 aliphatic heterocycles. The number of hydrogen-bond acceptors (Lipinski definition) is 4. The first kappa shape index (κ1) is 19.1. The highest BCUT2D eigenvalue weighted by Gasteiger charge is 2.41. The van der Waals surface area contributed by atoms with E-state index in [0.29, 0.717) is 5.56 Å². The molecule has 0 saturated carbocycles. The number of carbonyl (C=O) groups is 2. The van der Waals surface area contributed by atoms with Gasteiger partial charge in [0, 0.05) is 11.3 Å². The van der Waals surface area contributed by atoms with Gasteiger partial charge in [0.15, 0.2) is 0 Å². The molecule has 1 saturated heterocycles. The van der Waals surface area contributed by atoms with Gasteiger partial charge in [-0.3, -0.25) is 9.59 Å². The maximum Gasteiger partial charge on any atom is 0.255 e. The molecular formula is C20H22N2O4S. The second-order valence-corrected chi connectivity index (χ2v) is 8.92. The van der Waals surface area contributed by atoms with Gasteiger partial charge in [-0.15, -0.1) is 0 Å². The summed E-state index contributed by atoms with van der Waals surface area (Å²) in [7, 11) is -3.65. The zero-order chi connectivity index (χ0) is 19.9. The molecule has 0 bridgehead atoms. The summed E-state index contributed by atoms with van der Waals surface area (Å²) in [5.41, 5.74) is 4.47. The van der Waals surface area contributed by atoms with Crippen molar-refractivity contribution >= 4 is 33.2 Å². The Kier molecular flexibility index (Phi) is 4.82. The van der Waals surface area contributed by atoms with Crippen molar-refractivity contribution in [2.24, 2.45) is 5.92 Å². The summed E-state index contributed by atoms with van der Waals surface area (Å²) in [6, 6.07) is 10.0. The average molecular weight is 386 g/mol. The number of carbonyl (C=O) groups excluding carboxylic acids is 2. The lowest BCUT2D eigenvalue weighted by molar-refractivity contribution is -0.119. The predicted molar refractivity (Wildman–Crippen MR) is 105 cm³/mol. The van der Waals surface area contributed by atoms with E-state index >= 15 is 0 Å². The molecule has 1 atom stereocenters. The molecule has 3 rings (SSSR count). The Morgan fingerprint density at radius 2 is 1.63 bits per heavy atom. The SMILES string of the molecule is Cc1cc(C)c(NC(=O)c2ccc(N3C(=O)C(C)CS3(=O)=O)cc2)c(C)c1. The molecule has 1 N–H and O–H groups in total. The minimum atomic E-state index is -3.65. The minimum absolute atomic E-state index is 0.194. The first-order chi connectivity index (χ1) is 12.6. The van der Waals surface area contributed by atoms with Gasteiger partial charge in [0.25, 0.3) is 5.91 Å². The molecule has 1 heterocycles. The summed E-state index contributed by atoms with van der Waals surface area (Å²) in [5.74, 6) is -1.50. The van der Waals surface area contributed by atoms with Crippen LogP contribution in [0.15, 0.2) is 36.4 Å². The second kappa shape index (κ2) is 6.81. The lowest BCUT2D eigenvalue weighted by Gasteiger charge is -2.16. The zero-order valence-corrected chi connectivity index (χ0v) is 16.6. The number of nitrogens with one attached hydrogen (secondary N) is 1. The van der Waals surface area contributed by atoms with Gasteiger partial charge in [-0.25, -0.2) is 12.7 Å². The van der Waals surface area contributed by atoms with Crippen molar-refractivity contribution in [3.8, 4) is 0 Å². The molecule has 2 aromatic carbocycles. The van der Waals surface area contributed by atoms with Crippen molar-refractivity contribution in [1.29, 1.82) is 0 Å². The van der Waals surface area contributed by atoms with E-state index in [2.05, 4.69) is 5.32 Å². The molecule has 0 radical (unpaired) electrons. The van der Waals surface area contributed by atoms with Crippen LogP contribution < -0.4 is 9.62 Å². The fourth-order valence-corrected chi connectivity index (χ4v) is 5.22. The number of aryl methyl sites for hydroxylation is 3. The Morgan fingerprint density at radius 3 is 2.11 bits per heavy atom. The number of sulfonamides is 1. The topological polar surface area (TPSA) is 83.6 Å². The summed E-state index contributed by atoms with van der Waals surface area (Å²) in [5, 5.41) is 2.91. The van der Waals surface area contributed by atoms with Crippen LogP contribution in [-0.2, 0) is 14.8 Å². The van der Waals surface area contributed by atoms with Crippen LogP contribution in [0.25, 0.3) is 0 Å². The summed E-state index contributed by atoms with van der Waals surface area (Å²) in [4.78, 5) is 24.7. The molecule has 2 amide bonds. The van der Waals surface area contributed by atoms with Crippen LogP contribution in [-0.4, -0.2) is 26.0 Å². The van der Waals surface area contributed by atoms with E-state index in [0.717, 1.165) is 26.7 Å². The van der Waals surface area contributed by atoms with Crippen LogP contribution in [0.5, 0.6) is 0 Å². The largest absolute Gasteiger partial charge is 0.322 e. The molecule has 1 unspecified atom stereocenters. The van der Waals surface area contributed by atoms with Crippen LogP contribution in [0.1, 0.15) is 34.0 Å². The first-order valence-electron chi connectivity index (χ1n) is 8.66. The molecule has 27 heavy (non-hydrogen) atoms. The summed E-state index contributed by atoms with van der Waals surface area (Å²) < 4.78 is 25.2. The highest BCUT2D eigenvalue weighted by molar-refractivity contribution is 7.94. The Bertz CT molecular complexity index is 1000. The third-order valence-electron chi connectivity index (χ3n) is 4.64. The minimum Gasteiger partial charge on any atom is -0.322 e. The summed E-state index contributed by atoms with van der Waals surface area (Å²) in [6.07, 6.45) is 0. The Hall–Kier alpha value is -2.67. The third kappa shape index (κ3) is 3.60. The number of nitrogens with zero attached hydrogens (tertiary/aromatic N) is 1. The van der Waals surface area contributed by atoms with E-state index in [-0.39, 0.29) is 17.3 Å². The van der Waals surface area contributed by atoms with Gasteiger partial charge in [-0.05, 0) is 56.2 Å². The van der Waals surface area contributed by atoms with Gasteiger partial charge in [0.2, 0.25) is 15.9 Å². The second-order valence-electron chi connectivity index (χ2n) is 7.06. The van der Waals surface area contributed by atoms with Crippen molar-refractivity contribution in [3.05, 3.63) is 58.7 Å². The van der Waals surface area contributed by atoms with E-state index in [1.165, 1.54) is 24.3 Å². The van der Waals surface area contributed by atoms with E-state index in [1.807, 2.05) is 32.9 Å². The molecule has 0 aromatic heterocycles. The van der Waals surface area contributed by atoms with Crippen molar-refractivity contribution in [2.75, 3.05) is 15.4 Å². The monoisotopic (exact) mass is 386 g/mol. The van der Waals surface area contributed by atoms with E-state index < -0.39 is 21.8 Å². The molecule has 0 spiro atoms. The van der Waals surface area contributed by atoms with Gasteiger partial charge in [-0.2, -0.15) is 0 Å². The number of amides is 2. The number of benzene rings is 2. The molecule has 6 nitrogen and oxygen atoms in total. The molecule has 0 aliphatic carbocycles. The quantitative estimate of drug-likeness (QED) is 0.878. The summed E-state index contributed by atoms with van der Waals surface area (Å²) >= 11 is 0. The fraction of sp³-hybridized carbons (Fsp3) is 0.300. The molecular weight excluding hydrogens is 364 g/mol. The van der Waals surface area contributed by atoms with Crippen molar-refractivity contribution in [3.63, 3.8) is 0 Å². The molecule has 142 valence electrons. The number of rotatable bonds is 3. The zero-order valence-electron chi connectivity index (χ0n) is 15.7. The lowest BCUT2D eigenvalue weighted by atomic mass is 10.0. The van der Waals surface area contributed by atoms with Gasteiger partial charge < -0.3 is 5.32 Å². The molecule has 7 heteroatoms. The van der Waals surface area contributed by atoms with Crippen molar-refractivity contribution in [1.82, 2.24) is 0 Å². The highest BCUT2D eigenvalue weighted by Crippen LogP contribution is 2.29. The smallest absolute Gasteiger partial charge is 0.255 e. The van der Waals surface area contributed by atoms with Gasteiger partial charge >= 0.3 is 0 Å². The van der Waals surface area contributed by atoms with Crippen molar-refractivity contribution in [2.45, 2.75) is 27.7 Å². The van der Waals surface area contributed by atoms with Gasteiger partial charge in [-0.1, -0.05) is 24.6 Å². The predicted octanol–water partition coefficient (Wildman–Crippen LogP) is 3.18. The molecule has 1 aliphatic rings. The standard InChI is InChI=1S/C20H22N2O4S/c1-12-9-13(2)18(14(3)10-12)21-19(23)16-5-7-17(8-6-16)22-20(24)15(4)11-27(22,25)26/h5-10,15H,11H2,1-4H3,(H,21,23). The Morgan fingerprint density at radius 1 is 1.07 bits per heavy atom. The number of hydrogen-bond donors (Lipinski definition) is 1. The lowest BCUT2D eigenvalue weighted by Crippen LogP contribution is -2.30. The van der Waals surface area contributed by atoms with Crippen LogP contribution in [0.3, 0.4) is 0 Å². The maximum absolute atomic E-state index is 12.6. The average Bonchev–Trinajstić information content (AvgIpc) is 2.78. The Labute approximate surface area is 159 Å². The van der Waals surface area contributed by atoms with Gasteiger partial charge in [0.1, 0.15) is 0 Å². The van der Waals surface area contributed by atoms with Gasteiger partial charge in [0.05, 0.1) is 17.4 Å². The highest BCUT2D eigenvalue weighted by atomic mass is 32.2. The fourth-order valence-electron chi connectivity index (χ4n) is 3.40. The van der Waals surface area contributed by atoms with E-state index in [4.69, 9.17) is 0 Å². The van der Waals surface area contributed by atoms with Crippen LogP contribution in [0.2, 0.25) is 0 Å². The maximum atomic E-state index is 12.6. The van der Waals surface area contributed by atoms with Crippen LogP contribution >= 0.6 is 0 Å². The molecule has 1 fully saturated rings. The first-order valence-corrected chi connectivity index (χ1v) is 10.3. The van der Waals surface area contributed by atoms with E-state index in [9.17, 15) is 18.0 Å². The van der Waals surface area contributed by atoms with E-state index in [1.54, 1.807) is 6.92 Å².